The molecular formula is C23H24N4O4. The van der Waals surface area contributed by atoms with Crippen molar-refractivity contribution in [1.29, 1.82) is 0 Å². The molecular weight excluding hydrogens is 396 g/mol. The van der Waals surface area contributed by atoms with Crippen molar-refractivity contribution in [3.63, 3.8) is 0 Å². The molecule has 2 heterocycles. The largest absolute Gasteiger partial charge is 0.379 e. The van der Waals surface area contributed by atoms with Crippen molar-refractivity contribution in [2.45, 2.75) is 18.9 Å². The van der Waals surface area contributed by atoms with Crippen LogP contribution in [0, 0.1) is 16.0 Å². The molecule has 31 heavy (non-hydrogen) atoms. The van der Waals surface area contributed by atoms with E-state index >= 15 is 0 Å². The van der Waals surface area contributed by atoms with E-state index in [-0.39, 0.29) is 34.9 Å². The molecule has 1 aliphatic rings. The molecule has 0 amide bonds. The fourth-order valence-corrected chi connectivity index (χ4v) is 3.99. The third kappa shape index (κ3) is 4.49. The number of ketones is 1. The third-order valence-electron chi connectivity index (χ3n) is 5.61. The monoisotopic (exact) mass is 420 g/mol. The number of nitro benzene ring substituents is 1. The number of nitrogens with zero attached hydrogens (tertiary/aromatic N) is 3. The molecule has 1 N–H and O–H groups in total. The van der Waals surface area contributed by atoms with Crippen molar-refractivity contribution in [3.05, 3.63) is 88.0 Å². The van der Waals surface area contributed by atoms with Crippen LogP contribution in [-0.2, 0) is 11.8 Å². The van der Waals surface area contributed by atoms with Crippen LogP contribution in [0.25, 0.3) is 0 Å². The molecule has 0 saturated carbocycles. The van der Waals surface area contributed by atoms with E-state index in [9.17, 15) is 14.9 Å². The minimum atomic E-state index is -0.469. The van der Waals surface area contributed by atoms with Crippen LogP contribution in [-0.4, -0.2) is 33.4 Å². The average Bonchev–Trinajstić information content (AvgIpc) is 3.23. The Kier molecular flexibility index (Phi) is 6.08. The second-order valence-electron chi connectivity index (χ2n) is 7.67. The van der Waals surface area contributed by atoms with Gasteiger partial charge in [-0.15, -0.1) is 0 Å². The van der Waals surface area contributed by atoms with Crippen molar-refractivity contribution >= 4 is 17.2 Å². The van der Waals surface area contributed by atoms with E-state index in [2.05, 4.69) is 10.3 Å². The van der Waals surface area contributed by atoms with Gasteiger partial charge in [-0.3, -0.25) is 14.9 Å². The van der Waals surface area contributed by atoms with E-state index in [0.717, 1.165) is 18.4 Å². The number of benzene rings is 2. The molecule has 1 aliphatic heterocycles. The maximum atomic E-state index is 12.7. The quantitative estimate of drug-likeness (QED) is 0.350. The maximum Gasteiger partial charge on any atom is 0.293 e. The molecule has 0 aliphatic carbocycles. The number of aryl methyl sites for hydroxylation is 1. The Balaban J connectivity index is 1.53. The molecule has 0 bridgehead atoms. The first-order valence-electron chi connectivity index (χ1n) is 10.3. The third-order valence-corrected chi connectivity index (χ3v) is 5.61. The van der Waals surface area contributed by atoms with Gasteiger partial charge in [-0.25, -0.2) is 4.98 Å². The lowest BCUT2D eigenvalue weighted by Crippen LogP contribution is -2.28. The number of nitro groups is 1. The summed E-state index contributed by atoms with van der Waals surface area (Å²) in [6.45, 7) is 1.24. The molecule has 1 saturated heterocycles. The standard InChI is InChI=1S/C23H24N4O4/c1-26-12-11-24-23(26)21(28)17-9-10-19(20(14-17)27(29)30)25-15-18-8-5-13-31-22(18)16-6-3-2-4-7-16/h2-4,6-7,9-12,14,18,22,25H,5,8,13,15H2,1H3. The first-order chi connectivity index (χ1) is 15.0. The summed E-state index contributed by atoms with van der Waals surface area (Å²) in [5.41, 5.74) is 1.60. The van der Waals surface area contributed by atoms with Gasteiger partial charge < -0.3 is 14.6 Å². The zero-order valence-corrected chi connectivity index (χ0v) is 17.2. The number of hydrogen-bond acceptors (Lipinski definition) is 6. The molecule has 8 heteroatoms. The van der Waals surface area contributed by atoms with Gasteiger partial charge in [0, 0.05) is 50.1 Å². The van der Waals surface area contributed by atoms with Crippen molar-refractivity contribution < 1.29 is 14.5 Å². The predicted molar refractivity (Wildman–Crippen MR) is 116 cm³/mol. The average molecular weight is 420 g/mol. The van der Waals surface area contributed by atoms with E-state index in [1.54, 1.807) is 29.9 Å². The van der Waals surface area contributed by atoms with Gasteiger partial charge in [0.2, 0.25) is 5.78 Å². The Bertz CT molecular complexity index is 1080. The van der Waals surface area contributed by atoms with Gasteiger partial charge >= 0.3 is 0 Å². The minimum Gasteiger partial charge on any atom is -0.379 e. The van der Waals surface area contributed by atoms with E-state index in [4.69, 9.17) is 4.74 Å². The molecule has 0 spiro atoms. The second-order valence-corrected chi connectivity index (χ2v) is 7.67. The smallest absolute Gasteiger partial charge is 0.293 e. The summed E-state index contributed by atoms with van der Waals surface area (Å²) < 4.78 is 7.61. The lowest BCUT2D eigenvalue weighted by Gasteiger charge is -2.32. The maximum absolute atomic E-state index is 12.7. The van der Waals surface area contributed by atoms with Gasteiger partial charge in [0.05, 0.1) is 11.0 Å². The van der Waals surface area contributed by atoms with Crippen molar-refractivity contribution in [1.82, 2.24) is 9.55 Å². The Morgan fingerprint density at radius 1 is 1.29 bits per heavy atom. The van der Waals surface area contributed by atoms with E-state index < -0.39 is 4.92 Å². The van der Waals surface area contributed by atoms with Crippen LogP contribution < -0.4 is 5.32 Å². The summed E-state index contributed by atoms with van der Waals surface area (Å²) in [4.78, 5) is 27.9. The van der Waals surface area contributed by atoms with Gasteiger partial charge in [-0.2, -0.15) is 0 Å². The summed E-state index contributed by atoms with van der Waals surface area (Å²) in [7, 11) is 1.71. The molecule has 1 aromatic heterocycles. The molecule has 2 aromatic carbocycles. The summed E-state index contributed by atoms with van der Waals surface area (Å²) >= 11 is 0. The van der Waals surface area contributed by atoms with Crippen LogP contribution in [0.1, 0.15) is 40.7 Å². The highest BCUT2D eigenvalue weighted by Crippen LogP contribution is 2.35. The van der Waals surface area contributed by atoms with Crippen LogP contribution in [0.3, 0.4) is 0 Å². The van der Waals surface area contributed by atoms with Crippen LogP contribution in [0.15, 0.2) is 60.9 Å². The van der Waals surface area contributed by atoms with E-state index in [1.807, 2.05) is 30.3 Å². The topological polar surface area (TPSA) is 99.3 Å². The molecule has 2 atom stereocenters. The fourth-order valence-electron chi connectivity index (χ4n) is 3.99. The number of ether oxygens (including phenoxy) is 1. The normalized spacial score (nSPS) is 18.5. The molecule has 4 rings (SSSR count). The van der Waals surface area contributed by atoms with Gasteiger partial charge in [-0.1, -0.05) is 30.3 Å². The summed E-state index contributed by atoms with van der Waals surface area (Å²) in [6.07, 6.45) is 5.05. The summed E-state index contributed by atoms with van der Waals surface area (Å²) in [5.74, 6) is 0.0664. The first-order valence-corrected chi connectivity index (χ1v) is 10.3. The van der Waals surface area contributed by atoms with Gasteiger partial charge in [0.1, 0.15) is 5.69 Å². The molecule has 2 unspecified atom stereocenters. The zero-order valence-electron chi connectivity index (χ0n) is 17.2. The summed E-state index contributed by atoms with van der Waals surface area (Å²) in [5, 5.41) is 14.9. The van der Waals surface area contributed by atoms with Crippen molar-refractivity contribution in [2.75, 3.05) is 18.5 Å². The van der Waals surface area contributed by atoms with Crippen molar-refractivity contribution in [2.24, 2.45) is 13.0 Å². The number of hydrogen-bond donors (Lipinski definition) is 1. The first kappa shape index (κ1) is 20.7. The Morgan fingerprint density at radius 3 is 2.81 bits per heavy atom. The number of aromatic nitrogens is 2. The van der Waals surface area contributed by atoms with Crippen LogP contribution in [0.4, 0.5) is 11.4 Å². The molecule has 0 radical (unpaired) electrons. The van der Waals surface area contributed by atoms with E-state index in [0.29, 0.717) is 18.8 Å². The molecule has 160 valence electrons. The van der Waals surface area contributed by atoms with Gasteiger partial charge in [0.25, 0.3) is 5.69 Å². The highest BCUT2D eigenvalue weighted by Gasteiger charge is 2.28. The number of carbonyl (C=O) groups is 1. The van der Waals surface area contributed by atoms with Crippen LogP contribution in [0.5, 0.6) is 0 Å². The highest BCUT2D eigenvalue weighted by atomic mass is 16.6. The lowest BCUT2D eigenvalue weighted by molar-refractivity contribution is -0.384. The van der Waals surface area contributed by atoms with E-state index in [1.165, 1.54) is 12.3 Å². The SMILES string of the molecule is Cn1ccnc1C(=O)c1ccc(NCC2CCCOC2c2ccccc2)c([N+](=O)[O-])c1. The Morgan fingerprint density at radius 2 is 2.10 bits per heavy atom. The van der Waals surface area contributed by atoms with Crippen molar-refractivity contribution in [3.8, 4) is 0 Å². The van der Waals surface area contributed by atoms with Crippen LogP contribution >= 0.6 is 0 Å². The second kappa shape index (κ2) is 9.09. The predicted octanol–water partition coefficient (Wildman–Crippen LogP) is 4.14. The summed E-state index contributed by atoms with van der Waals surface area (Å²) in [6, 6.07) is 14.5. The molecule has 1 fully saturated rings. The Hall–Kier alpha value is -3.52. The highest BCUT2D eigenvalue weighted by molar-refractivity contribution is 6.07. The van der Waals surface area contributed by atoms with Gasteiger partial charge in [-0.05, 0) is 30.5 Å². The molecule has 8 nitrogen and oxygen atoms in total. The molecule has 3 aromatic rings. The van der Waals surface area contributed by atoms with Gasteiger partial charge in [0.15, 0.2) is 5.82 Å². The fraction of sp³-hybridized carbons (Fsp3) is 0.304. The number of imidazole rings is 1. The zero-order chi connectivity index (χ0) is 21.8. The lowest BCUT2D eigenvalue weighted by atomic mass is 9.89. The number of anilines is 1. The number of carbonyl (C=O) groups excluding carboxylic acids is 1. The number of rotatable bonds is 7. The Labute approximate surface area is 180 Å². The van der Waals surface area contributed by atoms with Crippen LogP contribution in [0.2, 0.25) is 0 Å². The number of nitrogens with one attached hydrogen (secondary N) is 1. The minimum absolute atomic E-state index is 0.0502.